The van der Waals surface area contributed by atoms with Gasteiger partial charge in [-0.1, -0.05) is 22.0 Å². The van der Waals surface area contributed by atoms with Gasteiger partial charge >= 0.3 is 0 Å². The van der Waals surface area contributed by atoms with Crippen LogP contribution in [-0.4, -0.2) is 17.0 Å². The number of thioether (sulfide) groups is 1. The molecule has 20 heavy (non-hydrogen) atoms. The lowest BCUT2D eigenvalue weighted by molar-refractivity contribution is 0.200. The summed E-state index contributed by atoms with van der Waals surface area (Å²) in [5.74, 6) is -0.0870. The lowest BCUT2D eigenvalue weighted by Gasteiger charge is -2.11. The maximum atomic E-state index is 13.0. The van der Waals surface area contributed by atoms with E-state index in [-0.39, 0.29) is 11.6 Å². The molecule has 2 aromatic rings. The molecule has 0 spiro atoms. The molecule has 0 fully saturated rings. The SMILES string of the molecule is OC(CSc1ccc(F)cc1)Cc1ccc(F)cc1Br. The summed E-state index contributed by atoms with van der Waals surface area (Å²) in [6.45, 7) is 0. The zero-order chi connectivity index (χ0) is 14.5. The van der Waals surface area contributed by atoms with E-state index in [1.165, 1.54) is 36.0 Å². The average molecular weight is 359 g/mol. The molecule has 1 unspecified atom stereocenters. The lowest BCUT2D eigenvalue weighted by Crippen LogP contribution is -2.13. The van der Waals surface area contributed by atoms with E-state index in [2.05, 4.69) is 15.9 Å². The van der Waals surface area contributed by atoms with Crippen molar-refractivity contribution in [2.24, 2.45) is 0 Å². The fraction of sp³-hybridized carbons (Fsp3) is 0.200. The summed E-state index contributed by atoms with van der Waals surface area (Å²) < 4.78 is 26.4. The number of halogens is 3. The second kappa shape index (κ2) is 7.20. The van der Waals surface area contributed by atoms with Gasteiger partial charge in [0.05, 0.1) is 6.10 Å². The minimum absolute atomic E-state index is 0.273. The van der Waals surface area contributed by atoms with Crippen LogP contribution < -0.4 is 0 Å². The topological polar surface area (TPSA) is 20.2 Å². The first kappa shape index (κ1) is 15.5. The van der Waals surface area contributed by atoms with E-state index in [9.17, 15) is 13.9 Å². The molecule has 1 nitrogen and oxygen atoms in total. The van der Waals surface area contributed by atoms with Crippen molar-refractivity contribution < 1.29 is 13.9 Å². The predicted molar refractivity (Wildman–Crippen MR) is 80.9 cm³/mol. The molecule has 0 aliphatic rings. The molecule has 0 aliphatic heterocycles. The van der Waals surface area contributed by atoms with Crippen molar-refractivity contribution >= 4 is 27.7 Å². The first-order valence-corrected chi connectivity index (χ1v) is 7.83. The Kier molecular flexibility index (Phi) is 5.57. The summed E-state index contributed by atoms with van der Waals surface area (Å²) in [6.07, 6.45) is -0.110. The van der Waals surface area contributed by atoms with Crippen LogP contribution in [0, 0.1) is 11.6 Å². The molecule has 2 rings (SSSR count). The second-order valence-corrected chi connectivity index (χ2v) is 6.31. The first-order chi connectivity index (χ1) is 9.54. The molecule has 0 aliphatic carbocycles. The van der Waals surface area contributed by atoms with Crippen LogP contribution in [0.15, 0.2) is 51.8 Å². The minimum Gasteiger partial charge on any atom is -0.392 e. The van der Waals surface area contributed by atoms with E-state index < -0.39 is 6.10 Å². The van der Waals surface area contributed by atoms with Gasteiger partial charge in [0.2, 0.25) is 0 Å². The van der Waals surface area contributed by atoms with Gasteiger partial charge in [-0.2, -0.15) is 0 Å². The Morgan fingerprint density at radius 3 is 2.35 bits per heavy atom. The molecule has 1 atom stereocenters. The minimum atomic E-state index is -0.549. The van der Waals surface area contributed by atoms with Crippen molar-refractivity contribution in [1.29, 1.82) is 0 Å². The maximum Gasteiger partial charge on any atom is 0.124 e. The molecule has 2 aromatic carbocycles. The van der Waals surface area contributed by atoms with Crippen LogP contribution >= 0.6 is 27.7 Å². The quantitative estimate of drug-likeness (QED) is 0.798. The van der Waals surface area contributed by atoms with Gasteiger partial charge in [0.15, 0.2) is 0 Å². The molecule has 0 bridgehead atoms. The van der Waals surface area contributed by atoms with Gasteiger partial charge in [0.1, 0.15) is 11.6 Å². The molecule has 106 valence electrons. The third-order valence-corrected chi connectivity index (χ3v) is 4.62. The summed E-state index contributed by atoms with van der Waals surface area (Å²) in [4.78, 5) is 0.906. The monoisotopic (exact) mass is 358 g/mol. The highest BCUT2D eigenvalue weighted by atomic mass is 79.9. The fourth-order valence-electron chi connectivity index (χ4n) is 1.72. The number of hydrogen-bond acceptors (Lipinski definition) is 2. The summed E-state index contributed by atoms with van der Waals surface area (Å²) in [7, 11) is 0. The van der Waals surface area contributed by atoms with Crippen molar-refractivity contribution in [3.8, 4) is 0 Å². The third kappa shape index (κ3) is 4.58. The Balaban J connectivity index is 1.89. The van der Waals surface area contributed by atoms with Crippen LogP contribution in [0.25, 0.3) is 0 Å². The van der Waals surface area contributed by atoms with Gasteiger partial charge in [-0.25, -0.2) is 8.78 Å². The zero-order valence-corrected chi connectivity index (χ0v) is 12.9. The fourth-order valence-corrected chi connectivity index (χ4v) is 3.07. The van der Waals surface area contributed by atoms with Crippen LogP contribution in [0.2, 0.25) is 0 Å². The van der Waals surface area contributed by atoms with Gasteiger partial charge in [0.25, 0.3) is 0 Å². The number of aliphatic hydroxyl groups is 1. The molecular weight excluding hydrogens is 346 g/mol. The van der Waals surface area contributed by atoms with E-state index in [1.807, 2.05) is 0 Å². The Hall–Kier alpha value is -0.910. The Bertz CT molecular complexity index is 575. The van der Waals surface area contributed by atoms with E-state index >= 15 is 0 Å². The first-order valence-electron chi connectivity index (χ1n) is 6.05. The number of aliphatic hydroxyl groups excluding tert-OH is 1. The van der Waals surface area contributed by atoms with Gasteiger partial charge in [-0.15, -0.1) is 11.8 Å². The van der Waals surface area contributed by atoms with Gasteiger partial charge in [0, 0.05) is 21.5 Å². The van der Waals surface area contributed by atoms with Gasteiger partial charge < -0.3 is 5.11 Å². The van der Waals surface area contributed by atoms with E-state index in [0.717, 1.165) is 10.5 Å². The largest absolute Gasteiger partial charge is 0.392 e. The number of benzene rings is 2. The molecule has 0 amide bonds. The van der Waals surface area contributed by atoms with Crippen molar-refractivity contribution in [3.63, 3.8) is 0 Å². The van der Waals surface area contributed by atoms with Gasteiger partial charge in [-0.05, 0) is 42.0 Å². The van der Waals surface area contributed by atoms with E-state index in [1.54, 1.807) is 18.2 Å². The Labute approximate surface area is 129 Å². The third-order valence-electron chi connectivity index (χ3n) is 2.73. The second-order valence-electron chi connectivity index (χ2n) is 4.36. The van der Waals surface area contributed by atoms with Crippen molar-refractivity contribution in [3.05, 3.63) is 64.1 Å². The molecule has 0 saturated heterocycles. The molecule has 0 saturated carbocycles. The normalized spacial score (nSPS) is 12.4. The maximum absolute atomic E-state index is 13.0. The van der Waals surface area contributed by atoms with E-state index in [0.29, 0.717) is 16.6 Å². The van der Waals surface area contributed by atoms with Crippen molar-refractivity contribution in [1.82, 2.24) is 0 Å². The molecule has 0 aromatic heterocycles. The summed E-state index contributed by atoms with van der Waals surface area (Å²) in [6, 6.07) is 10.6. The zero-order valence-electron chi connectivity index (χ0n) is 10.5. The molecular formula is C15H13BrF2OS. The summed E-state index contributed by atoms with van der Waals surface area (Å²) >= 11 is 4.74. The van der Waals surface area contributed by atoms with Crippen LogP contribution in [-0.2, 0) is 6.42 Å². The van der Waals surface area contributed by atoms with Crippen LogP contribution in [0.5, 0.6) is 0 Å². The van der Waals surface area contributed by atoms with Crippen molar-refractivity contribution in [2.75, 3.05) is 5.75 Å². The Morgan fingerprint density at radius 2 is 1.70 bits per heavy atom. The molecule has 0 radical (unpaired) electrons. The van der Waals surface area contributed by atoms with Crippen molar-refractivity contribution in [2.45, 2.75) is 17.4 Å². The summed E-state index contributed by atoms with van der Waals surface area (Å²) in [5, 5.41) is 10.0. The number of hydrogen-bond donors (Lipinski definition) is 1. The van der Waals surface area contributed by atoms with E-state index in [4.69, 9.17) is 0 Å². The lowest BCUT2D eigenvalue weighted by atomic mass is 10.1. The summed E-state index contributed by atoms with van der Waals surface area (Å²) in [5.41, 5.74) is 0.860. The smallest absolute Gasteiger partial charge is 0.124 e. The molecule has 5 heteroatoms. The molecule has 1 N–H and O–H groups in total. The van der Waals surface area contributed by atoms with Gasteiger partial charge in [-0.3, -0.25) is 0 Å². The molecule has 0 heterocycles. The highest BCUT2D eigenvalue weighted by molar-refractivity contribution is 9.10. The van der Waals surface area contributed by atoms with Crippen LogP contribution in [0.4, 0.5) is 8.78 Å². The Morgan fingerprint density at radius 1 is 1.05 bits per heavy atom. The predicted octanol–water partition coefficient (Wildman–Crippen LogP) is 4.42. The standard InChI is InChI=1S/C15H13BrF2OS/c16-15-8-12(18)2-1-10(15)7-13(19)9-20-14-5-3-11(17)4-6-14/h1-6,8,13,19H,7,9H2. The van der Waals surface area contributed by atoms with Crippen LogP contribution in [0.3, 0.4) is 0 Å². The van der Waals surface area contributed by atoms with Crippen LogP contribution in [0.1, 0.15) is 5.56 Å². The number of rotatable bonds is 5. The highest BCUT2D eigenvalue weighted by Gasteiger charge is 2.10. The highest BCUT2D eigenvalue weighted by Crippen LogP contribution is 2.23. The average Bonchev–Trinajstić information content (AvgIpc) is 2.41.